The Kier molecular flexibility index (Phi) is 5.54. The van der Waals surface area contributed by atoms with Gasteiger partial charge in [0.25, 0.3) is 14.4 Å². The summed E-state index contributed by atoms with van der Waals surface area (Å²) in [6, 6.07) is 2.22. The Hall–Kier alpha value is -1.92. The molecule has 0 bridgehead atoms. The zero-order chi connectivity index (χ0) is 18.8. The third-order valence-electron chi connectivity index (χ3n) is 2.74. The largest absolute Gasteiger partial charge is 0.416 e. The van der Waals surface area contributed by atoms with Crippen LogP contribution in [0.15, 0.2) is 22.5 Å². The van der Waals surface area contributed by atoms with Gasteiger partial charge < -0.3 is 5.32 Å². The van der Waals surface area contributed by atoms with E-state index in [0.717, 1.165) is 12.1 Å². The second-order valence-electron chi connectivity index (χ2n) is 4.57. The van der Waals surface area contributed by atoms with E-state index in [1.165, 1.54) is 0 Å². The van der Waals surface area contributed by atoms with Crippen molar-refractivity contribution in [3.05, 3.63) is 28.8 Å². The molecule has 0 aliphatic rings. The normalized spacial score (nSPS) is 12.0. The van der Waals surface area contributed by atoms with Crippen LogP contribution in [0, 0.1) is 0 Å². The SMILES string of the molecule is CCC(=O)Nc1nnc(S(=O)(=O)Nc2cc(C(F)(F)F)ccc2Cl)s1. The molecule has 0 spiro atoms. The van der Waals surface area contributed by atoms with E-state index in [-0.39, 0.29) is 16.6 Å². The molecule has 2 aromatic rings. The van der Waals surface area contributed by atoms with E-state index in [2.05, 4.69) is 15.5 Å². The van der Waals surface area contributed by atoms with Crippen LogP contribution in [0.4, 0.5) is 24.0 Å². The summed E-state index contributed by atoms with van der Waals surface area (Å²) in [5, 5.41) is 8.96. The van der Waals surface area contributed by atoms with Gasteiger partial charge in [-0.05, 0) is 18.2 Å². The summed E-state index contributed by atoms with van der Waals surface area (Å²) in [5.74, 6) is -0.394. The summed E-state index contributed by atoms with van der Waals surface area (Å²) in [6.07, 6.45) is -4.51. The van der Waals surface area contributed by atoms with E-state index in [0.29, 0.717) is 17.4 Å². The maximum absolute atomic E-state index is 12.7. The highest BCUT2D eigenvalue weighted by molar-refractivity contribution is 7.94. The Bertz CT molecular complexity index is 899. The third-order valence-corrected chi connectivity index (χ3v) is 5.64. The first-order valence-electron chi connectivity index (χ1n) is 6.56. The Morgan fingerprint density at radius 3 is 2.60 bits per heavy atom. The van der Waals surface area contributed by atoms with Gasteiger partial charge in [0.1, 0.15) is 0 Å². The molecule has 0 radical (unpaired) electrons. The van der Waals surface area contributed by atoms with Gasteiger partial charge in [-0.1, -0.05) is 29.9 Å². The lowest BCUT2D eigenvalue weighted by atomic mass is 10.2. The minimum Gasteiger partial charge on any atom is -0.301 e. The van der Waals surface area contributed by atoms with Crippen LogP contribution < -0.4 is 10.0 Å². The quantitative estimate of drug-likeness (QED) is 0.730. The number of rotatable bonds is 5. The van der Waals surface area contributed by atoms with Gasteiger partial charge in [0.15, 0.2) is 0 Å². The van der Waals surface area contributed by atoms with Crippen LogP contribution in [-0.4, -0.2) is 24.5 Å². The summed E-state index contributed by atoms with van der Waals surface area (Å²) in [6.45, 7) is 1.59. The molecule has 2 N–H and O–H groups in total. The van der Waals surface area contributed by atoms with Gasteiger partial charge in [-0.3, -0.25) is 9.52 Å². The molecule has 13 heteroatoms. The zero-order valence-corrected chi connectivity index (χ0v) is 14.8. The molecule has 0 saturated heterocycles. The van der Waals surface area contributed by atoms with Gasteiger partial charge in [-0.2, -0.15) is 21.6 Å². The maximum Gasteiger partial charge on any atom is 0.416 e. The average Bonchev–Trinajstić information content (AvgIpc) is 2.97. The van der Waals surface area contributed by atoms with Crippen LogP contribution in [0.5, 0.6) is 0 Å². The van der Waals surface area contributed by atoms with Gasteiger partial charge in [0.05, 0.1) is 16.3 Å². The number of hydrogen-bond acceptors (Lipinski definition) is 6. The summed E-state index contributed by atoms with van der Waals surface area (Å²) < 4.78 is 64.1. The summed E-state index contributed by atoms with van der Waals surface area (Å²) in [7, 11) is -4.33. The van der Waals surface area contributed by atoms with Crippen molar-refractivity contribution in [2.24, 2.45) is 0 Å². The molecule has 7 nitrogen and oxygen atoms in total. The van der Waals surface area contributed by atoms with Gasteiger partial charge in [-0.15, -0.1) is 10.2 Å². The molecule has 1 amide bonds. The third kappa shape index (κ3) is 4.80. The number of halogens is 4. The summed E-state index contributed by atoms with van der Waals surface area (Å²) in [5.41, 5.74) is -1.52. The lowest BCUT2D eigenvalue weighted by Crippen LogP contribution is -2.14. The monoisotopic (exact) mass is 414 g/mol. The van der Waals surface area contributed by atoms with Crippen LogP contribution in [0.25, 0.3) is 0 Å². The van der Waals surface area contributed by atoms with Crippen LogP contribution in [-0.2, 0) is 21.0 Å². The van der Waals surface area contributed by atoms with Crippen molar-refractivity contribution in [3.63, 3.8) is 0 Å². The highest BCUT2D eigenvalue weighted by atomic mass is 35.5. The number of nitrogens with zero attached hydrogens (tertiary/aromatic N) is 2. The van der Waals surface area contributed by atoms with Crippen molar-refractivity contribution in [1.29, 1.82) is 0 Å². The van der Waals surface area contributed by atoms with Gasteiger partial charge in [-0.25, -0.2) is 0 Å². The van der Waals surface area contributed by atoms with Gasteiger partial charge in [0.2, 0.25) is 11.0 Å². The highest BCUT2D eigenvalue weighted by Crippen LogP contribution is 2.35. The Morgan fingerprint density at radius 1 is 1.32 bits per heavy atom. The van der Waals surface area contributed by atoms with Gasteiger partial charge >= 0.3 is 6.18 Å². The number of hydrogen-bond donors (Lipinski definition) is 2. The molecule has 0 atom stereocenters. The lowest BCUT2D eigenvalue weighted by molar-refractivity contribution is -0.137. The number of anilines is 2. The van der Waals surface area contributed by atoms with Crippen LogP contribution in [0.2, 0.25) is 5.02 Å². The van der Waals surface area contributed by atoms with Crippen molar-refractivity contribution in [2.45, 2.75) is 23.9 Å². The Balaban J connectivity index is 2.29. The number of carbonyl (C=O) groups excluding carboxylic acids is 1. The number of benzene rings is 1. The number of alkyl halides is 3. The fourth-order valence-electron chi connectivity index (χ4n) is 1.54. The van der Waals surface area contributed by atoms with E-state index >= 15 is 0 Å². The molecule has 2 rings (SSSR count). The van der Waals surface area contributed by atoms with Crippen LogP contribution >= 0.6 is 22.9 Å². The predicted octanol–water partition coefficient (Wildman–Crippen LogP) is 3.36. The van der Waals surface area contributed by atoms with E-state index in [1.807, 2.05) is 4.72 Å². The van der Waals surface area contributed by atoms with Gasteiger partial charge in [0, 0.05) is 6.42 Å². The molecule has 0 aliphatic carbocycles. The number of sulfonamides is 1. The lowest BCUT2D eigenvalue weighted by Gasteiger charge is -2.11. The zero-order valence-electron chi connectivity index (χ0n) is 12.4. The number of carbonyl (C=O) groups is 1. The molecule has 25 heavy (non-hydrogen) atoms. The number of aromatic nitrogens is 2. The first-order chi connectivity index (χ1) is 11.5. The van der Waals surface area contributed by atoms with Crippen LogP contribution in [0.1, 0.15) is 18.9 Å². The number of amides is 1. The van der Waals surface area contributed by atoms with Crippen molar-refractivity contribution >= 4 is 49.7 Å². The second kappa shape index (κ2) is 7.14. The van der Waals surface area contributed by atoms with E-state index in [9.17, 15) is 26.4 Å². The molecular weight excluding hydrogens is 405 g/mol. The molecule has 0 aliphatic heterocycles. The van der Waals surface area contributed by atoms with E-state index in [1.54, 1.807) is 6.92 Å². The molecule has 1 heterocycles. The Morgan fingerprint density at radius 2 is 2.00 bits per heavy atom. The first-order valence-corrected chi connectivity index (χ1v) is 9.23. The fourth-order valence-corrected chi connectivity index (χ4v) is 3.75. The van der Waals surface area contributed by atoms with E-state index < -0.39 is 37.7 Å². The minimum absolute atomic E-state index is 0.0534. The molecule has 1 aromatic heterocycles. The first kappa shape index (κ1) is 19.4. The molecule has 1 aromatic carbocycles. The molecule has 0 unspecified atom stereocenters. The fraction of sp³-hybridized carbons (Fsp3) is 0.250. The second-order valence-corrected chi connectivity index (χ2v) is 7.81. The topological polar surface area (TPSA) is 101 Å². The average molecular weight is 415 g/mol. The van der Waals surface area contributed by atoms with E-state index in [4.69, 9.17) is 11.6 Å². The molecular formula is C12H10ClF3N4O3S2. The highest BCUT2D eigenvalue weighted by Gasteiger charge is 2.32. The van der Waals surface area contributed by atoms with Crippen molar-refractivity contribution < 1.29 is 26.4 Å². The molecule has 136 valence electrons. The molecule has 0 fully saturated rings. The van der Waals surface area contributed by atoms with Crippen molar-refractivity contribution in [3.8, 4) is 0 Å². The summed E-state index contributed by atoms with van der Waals surface area (Å²) >= 11 is 6.30. The Labute approximate surface area is 149 Å². The number of nitrogens with one attached hydrogen (secondary N) is 2. The maximum atomic E-state index is 12.7. The minimum atomic E-state index is -4.66. The predicted molar refractivity (Wildman–Crippen MR) is 86.1 cm³/mol. The standard InChI is InChI=1S/C12H10ClF3N4O3S2/c1-2-9(21)17-10-18-19-11(24-10)25(22,23)20-8-5-6(12(14,15)16)3-4-7(8)13/h3-5,20H,2H2,1H3,(H,17,18,21). The van der Waals surface area contributed by atoms with Crippen molar-refractivity contribution in [1.82, 2.24) is 10.2 Å². The van der Waals surface area contributed by atoms with Crippen molar-refractivity contribution in [2.75, 3.05) is 10.0 Å². The molecule has 0 saturated carbocycles. The smallest absolute Gasteiger partial charge is 0.301 e. The van der Waals surface area contributed by atoms with Crippen LogP contribution in [0.3, 0.4) is 0 Å². The summed E-state index contributed by atoms with van der Waals surface area (Å²) in [4.78, 5) is 11.2.